The summed E-state index contributed by atoms with van der Waals surface area (Å²) in [6.45, 7) is 2.95. The van der Waals surface area contributed by atoms with Crippen LogP contribution >= 0.6 is 0 Å². The highest BCUT2D eigenvalue weighted by Gasteiger charge is 2.58. The molecule has 0 aromatic rings. The molecular weight excluding hydrogens is 750 g/mol. The fourth-order valence-electron chi connectivity index (χ4n) is 4.94. The van der Waals surface area contributed by atoms with Crippen LogP contribution in [0.1, 0.15) is 41.5 Å². The third-order valence-corrected chi connectivity index (χ3v) is 6.78. The van der Waals surface area contributed by atoms with Gasteiger partial charge < -0.3 is 53.3 Å². The van der Waals surface area contributed by atoms with Gasteiger partial charge in [-0.15, -0.1) is 0 Å². The lowest BCUT2D eigenvalue weighted by atomic mass is 9.93. The Morgan fingerprint density at radius 3 is 1.21 bits per heavy atom. The number of alkyl halides is 6. The number of esters is 6. The largest absolute Gasteiger partial charge is 0.471 e. The topological polar surface area (TPSA) is 244 Å². The van der Waals surface area contributed by atoms with Gasteiger partial charge in [0.05, 0.1) is 0 Å². The van der Waals surface area contributed by atoms with Crippen molar-refractivity contribution >= 4 is 47.6 Å². The Morgan fingerprint density at radius 1 is 0.491 bits per heavy atom. The quantitative estimate of drug-likeness (QED) is 0.143. The van der Waals surface area contributed by atoms with Gasteiger partial charge in [-0.3, -0.25) is 38.4 Å². The molecule has 0 aromatic carbocycles. The number of hydrogen-bond donors (Lipinski definition) is 2. The standard InChI is InChI=1S/C28H34F6N2O17/c1-9(37)45-7-15-19(47-11(3)39)21(48-12(4)40)18(36-26(44)28(32,33)34)24(52-15)53-20-16(8-46-10(2)38)51-23(50-14(6)42)17(22(20)49-13(5)41)35-25(43)27(29,30)31/h15-24H,7-8H2,1-6H3,(H,35,43)(H,36,44)/t15?,16?,17?,18?,19-,20-,21-,22-,23+,24+/m1/s1. The summed E-state index contributed by atoms with van der Waals surface area (Å²) in [5.41, 5.74) is 0. The van der Waals surface area contributed by atoms with Gasteiger partial charge in [-0.2, -0.15) is 26.3 Å². The zero-order valence-electron chi connectivity index (χ0n) is 28.4. The summed E-state index contributed by atoms with van der Waals surface area (Å²) in [5.74, 6) is -12.4. The molecule has 2 fully saturated rings. The van der Waals surface area contributed by atoms with Crippen LogP contribution in [0.15, 0.2) is 0 Å². The summed E-state index contributed by atoms with van der Waals surface area (Å²) in [6.07, 6.45) is -28.4. The van der Waals surface area contributed by atoms with Gasteiger partial charge in [0.25, 0.3) is 0 Å². The molecule has 2 N–H and O–H groups in total. The summed E-state index contributed by atoms with van der Waals surface area (Å²) < 4.78 is 128. The zero-order chi connectivity index (χ0) is 40.6. The molecular formula is C28H34F6N2O17. The molecule has 53 heavy (non-hydrogen) atoms. The summed E-state index contributed by atoms with van der Waals surface area (Å²) in [6, 6.07) is -4.75. The fraction of sp³-hybridized carbons (Fsp3) is 0.714. The lowest BCUT2D eigenvalue weighted by Gasteiger charge is -2.49. The van der Waals surface area contributed by atoms with Crippen LogP contribution in [0.3, 0.4) is 0 Å². The molecule has 0 spiro atoms. The van der Waals surface area contributed by atoms with E-state index >= 15 is 0 Å². The van der Waals surface area contributed by atoms with Gasteiger partial charge in [-0.1, -0.05) is 0 Å². The lowest BCUT2D eigenvalue weighted by molar-refractivity contribution is -0.331. The molecule has 2 rings (SSSR count). The average Bonchev–Trinajstić information content (AvgIpc) is 2.98. The molecule has 2 aliphatic rings. The number of amides is 2. The van der Waals surface area contributed by atoms with Crippen LogP contribution in [0, 0.1) is 0 Å². The van der Waals surface area contributed by atoms with Gasteiger partial charge in [-0.05, 0) is 0 Å². The zero-order valence-corrected chi connectivity index (χ0v) is 28.4. The number of nitrogens with one attached hydrogen (secondary N) is 2. The first kappa shape index (κ1) is 44.4. The van der Waals surface area contributed by atoms with Gasteiger partial charge >= 0.3 is 60.0 Å². The number of carbonyl (C=O) groups excluding carboxylic acids is 8. The predicted molar refractivity (Wildman–Crippen MR) is 150 cm³/mol. The summed E-state index contributed by atoms with van der Waals surface area (Å²) in [4.78, 5) is 96.3. The van der Waals surface area contributed by atoms with E-state index in [0.29, 0.717) is 0 Å². The van der Waals surface area contributed by atoms with Crippen molar-refractivity contribution in [3.63, 3.8) is 0 Å². The average molecular weight is 785 g/mol. The number of hydrogen-bond acceptors (Lipinski definition) is 17. The molecule has 2 aliphatic heterocycles. The minimum Gasteiger partial charge on any atom is -0.463 e. The molecule has 0 aliphatic carbocycles. The van der Waals surface area contributed by atoms with Crippen LogP contribution in [-0.2, 0) is 81.0 Å². The first-order chi connectivity index (χ1) is 24.3. The van der Waals surface area contributed by atoms with Gasteiger partial charge in [0.2, 0.25) is 6.29 Å². The van der Waals surface area contributed by atoms with Crippen LogP contribution in [0.4, 0.5) is 26.3 Å². The summed E-state index contributed by atoms with van der Waals surface area (Å²) in [7, 11) is 0. The number of carbonyl (C=O) groups is 8. The van der Waals surface area contributed by atoms with Crippen LogP contribution in [-0.4, -0.2) is 134 Å². The molecule has 2 saturated heterocycles. The molecule has 0 bridgehead atoms. The SMILES string of the molecule is CC(=O)OCC1O[C@@H](O[C@@H]2C(COC(C)=O)O[C@H](OC(C)=O)C(NC(=O)C(F)(F)F)[C@H]2OC(C)=O)C(NC(=O)C(F)(F)F)[C@@H](OC(C)=O)[C@@H]1OC(C)=O. The van der Waals surface area contributed by atoms with E-state index < -0.39 is 134 Å². The Morgan fingerprint density at radius 2 is 0.830 bits per heavy atom. The molecule has 19 nitrogen and oxygen atoms in total. The molecule has 10 atom stereocenters. The van der Waals surface area contributed by atoms with Crippen molar-refractivity contribution in [1.29, 1.82) is 0 Å². The van der Waals surface area contributed by atoms with Crippen molar-refractivity contribution in [3.8, 4) is 0 Å². The van der Waals surface area contributed by atoms with Gasteiger partial charge in [0.15, 0.2) is 24.6 Å². The normalized spacial score (nSPS) is 28.7. The van der Waals surface area contributed by atoms with Gasteiger partial charge in [0, 0.05) is 41.5 Å². The Bertz CT molecular complexity index is 1410. The van der Waals surface area contributed by atoms with Crippen molar-refractivity contribution in [2.24, 2.45) is 0 Å². The second-order valence-electron chi connectivity index (χ2n) is 11.1. The van der Waals surface area contributed by atoms with Crippen molar-refractivity contribution in [2.45, 2.75) is 115 Å². The van der Waals surface area contributed by atoms with Crippen LogP contribution in [0.5, 0.6) is 0 Å². The maximum absolute atomic E-state index is 13.6. The number of halogens is 6. The van der Waals surface area contributed by atoms with E-state index in [1.165, 1.54) is 10.6 Å². The number of ether oxygens (including phenoxy) is 9. The minimum atomic E-state index is -5.66. The highest BCUT2D eigenvalue weighted by molar-refractivity contribution is 5.82. The third kappa shape index (κ3) is 13.3. The van der Waals surface area contributed by atoms with Crippen molar-refractivity contribution in [1.82, 2.24) is 10.6 Å². The van der Waals surface area contributed by atoms with E-state index in [1.807, 2.05) is 0 Å². The van der Waals surface area contributed by atoms with E-state index in [1.54, 1.807) is 0 Å². The molecule has 300 valence electrons. The highest BCUT2D eigenvalue weighted by Crippen LogP contribution is 2.34. The van der Waals surface area contributed by atoms with Crippen LogP contribution < -0.4 is 10.6 Å². The Labute approximate surface area is 294 Å². The fourth-order valence-corrected chi connectivity index (χ4v) is 4.94. The first-order valence-corrected chi connectivity index (χ1v) is 15.0. The van der Waals surface area contributed by atoms with Crippen molar-refractivity contribution < 1.29 is 107 Å². The van der Waals surface area contributed by atoms with E-state index in [9.17, 15) is 64.7 Å². The Balaban J connectivity index is 2.87. The van der Waals surface area contributed by atoms with E-state index in [2.05, 4.69) is 0 Å². The molecule has 0 saturated carbocycles. The maximum atomic E-state index is 13.6. The van der Waals surface area contributed by atoms with E-state index in [4.69, 9.17) is 42.6 Å². The molecule has 2 amide bonds. The summed E-state index contributed by atoms with van der Waals surface area (Å²) >= 11 is 0. The molecule has 25 heteroatoms. The second-order valence-corrected chi connectivity index (χ2v) is 11.1. The third-order valence-electron chi connectivity index (χ3n) is 6.78. The van der Waals surface area contributed by atoms with E-state index in [-0.39, 0.29) is 0 Å². The maximum Gasteiger partial charge on any atom is 0.471 e. The van der Waals surface area contributed by atoms with Crippen molar-refractivity contribution in [2.75, 3.05) is 13.2 Å². The Kier molecular flexibility index (Phi) is 15.3. The summed E-state index contributed by atoms with van der Waals surface area (Å²) in [5, 5.41) is 2.87. The van der Waals surface area contributed by atoms with Crippen LogP contribution in [0.2, 0.25) is 0 Å². The Hall–Kier alpha value is -4.78. The van der Waals surface area contributed by atoms with E-state index in [0.717, 1.165) is 41.5 Å². The molecule has 2 heterocycles. The van der Waals surface area contributed by atoms with Gasteiger partial charge in [0.1, 0.15) is 43.6 Å². The monoisotopic (exact) mass is 784 g/mol. The van der Waals surface area contributed by atoms with Gasteiger partial charge in [-0.25, -0.2) is 0 Å². The predicted octanol–water partition coefficient (Wildman–Crippen LogP) is -0.600. The molecule has 0 aromatic heterocycles. The highest BCUT2D eigenvalue weighted by atomic mass is 19.4. The van der Waals surface area contributed by atoms with Crippen molar-refractivity contribution in [3.05, 3.63) is 0 Å². The lowest BCUT2D eigenvalue weighted by Crippen LogP contribution is -2.71. The second kappa shape index (κ2) is 18.3. The van der Waals surface area contributed by atoms with Crippen LogP contribution in [0.25, 0.3) is 0 Å². The minimum absolute atomic E-state index is 0.718. The first-order valence-electron chi connectivity index (χ1n) is 15.0. The molecule has 0 radical (unpaired) electrons. The smallest absolute Gasteiger partial charge is 0.463 e. The number of rotatable bonds is 12. The molecule has 4 unspecified atom stereocenters.